The van der Waals surface area contributed by atoms with Gasteiger partial charge in [-0.1, -0.05) is 24.3 Å². The molecule has 3 aromatic rings. The van der Waals surface area contributed by atoms with Gasteiger partial charge in [0.15, 0.2) is 0 Å². The fourth-order valence-electron chi connectivity index (χ4n) is 3.30. The topological polar surface area (TPSA) is 75.7 Å². The zero-order valence-electron chi connectivity index (χ0n) is 18.8. The van der Waals surface area contributed by atoms with E-state index in [0.717, 1.165) is 22.4 Å². The molecule has 0 aliphatic carbocycles. The van der Waals surface area contributed by atoms with Crippen LogP contribution in [0, 0.1) is 13.8 Å². The van der Waals surface area contributed by atoms with E-state index in [9.17, 15) is 13.2 Å². The van der Waals surface area contributed by atoms with Crippen molar-refractivity contribution in [3.05, 3.63) is 89.0 Å². The van der Waals surface area contributed by atoms with Crippen LogP contribution in [0.4, 0.5) is 11.4 Å². The van der Waals surface area contributed by atoms with Gasteiger partial charge < -0.3 is 10.1 Å². The maximum Gasteiger partial charge on any atom is 0.255 e. The predicted molar refractivity (Wildman–Crippen MR) is 129 cm³/mol. The second-order valence-corrected chi connectivity index (χ2v) is 9.57. The molecular weight excluding hydrogens is 424 g/mol. The molecule has 0 heterocycles. The minimum Gasteiger partial charge on any atom is -0.494 e. The Kier molecular flexibility index (Phi) is 7.20. The largest absolute Gasteiger partial charge is 0.494 e. The summed E-state index contributed by atoms with van der Waals surface area (Å²) in [7, 11) is -3.49. The first-order valence-electron chi connectivity index (χ1n) is 10.4. The van der Waals surface area contributed by atoms with Crippen LogP contribution in [0.2, 0.25) is 0 Å². The van der Waals surface area contributed by atoms with Gasteiger partial charge in [-0.25, -0.2) is 8.42 Å². The number of benzene rings is 3. The van der Waals surface area contributed by atoms with Crippen molar-refractivity contribution in [2.75, 3.05) is 22.5 Å². The maximum atomic E-state index is 12.6. The summed E-state index contributed by atoms with van der Waals surface area (Å²) in [6.45, 7) is 6.50. The second kappa shape index (κ2) is 9.87. The summed E-state index contributed by atoms with van der Waals surface area (Å²) < 4.78 is 31.8. The lowest BCUT2D eigenvalue weighted by molar-refractivity contribution is 0.102. The smallest absolute Gasteiger partial charge is 0.255 e. The summed E-state index contributed by atoms with van der Waals surface area (Å²) in [5.41, 5.74) is 4.47. The van der Waals surface area contributed by atoms with Gasteiger partial charge >= 0.3 is 0 Å². The predicted octanol–water partition coefficient (Wildman–Crippen LogP) is 4.92. The Labute approximate surface area is 189 Å². The highest BCUT2D eigenvalue weighted by Gasteiger charge is 2.20. The first kappa shape index (κ1) is 23.3. The molecule has 6 nitrogen and oxygen atoms in total. The summed E-state index contributed by atoms with van der Waals surface area (Å²) >= 11 is 0. The van der Waals surface area contributed by atoms with Crippen molar-refractivity contribution in [3.8, 4) is 5.75 Å². The Bertz CT molecular complexity index is 1190. The van der Waals surface area contributed by atoms with Gasteiger partial charge in [0.1, 0.15) is 5.75 Å². The van der Waals surface area contributed by atoms with Crippen LogP contribution < -0.4 is 14.4 Å². The van der Waals surface area contributed by atoms with Crippen molar-refractivity contribution < 1.29 is 17.9 Å². The lowest BCUT2D eigenvalue weighted by atomic mass is 10.1. The van der Waals surface area contributed by atoms with E-state index in [1.54, 1.807) is 48.5 Å². The Balaban J connectivity index is 1.75. The first-order chi connectivity index (χ1) is 15.2. The molecule has 0 bridgehead atoms. The first-order valence-corrected chi connectivity index (χ1v) is 12.2. The van der Waals surface area contributed by atoms with E-state index < -0.39 is 10.0 Å². The molecular formula is C25H28N2O4S. The Morgan fingerprint density at radius 3 is 2.22 bits per heavy atom. The van der Waals surface area contributed by atoms with E-state index in [-0.39, 0.29) is 12.5 Å². The zero-order valence-corrected chi connectivity index (χ0v) is 19.6. The third-order valence-corrected chi connectivity index (χ3v) is 6.13. The third kappa shape index (κ3) is 5.88. The molecule has 0 saturated heterocycles. The zero-order chi connectivity index (χ0) is 23.3. The number of nitrogens with zero attached hydrogens (tertiary/aromatic N) is 1. The number of rotatable bonds is 8. The van der Waals surface area contributed by atoms with Crippen molar-refractivity contribution in [2.24, 2.45) is 0 Å². The number of carbonyl (C=O) groups excluding carboxylic acids is 1. The van der Waals surface area contributed by atoms with Gasteiger partial charge in [0.2, 0.25) is 10.0 Å². The van der Waals surface area contributed by atoms with Crippen LogP contribution in [0.25, 0.3) is 0 Å². The fourth-order valence-corrected chi connectivity index (χ4v) is 4.24. The Morgan fingerprint density at radius 2 is 1.62 bits per heavy atom. The normalized spacial score (nSPS) is 11.1. The quantitative estimate of drug-likeness (QED) is 0.526. The van der Waals surface area contributed by atoms with Gasteiger partial charge in [-0.3, -0.25) is 9.10 Å². The van der Waals surface area contributed by atoms with Crippen LogP contribution in [0.3, 0.4) is 0 Å². The highest BCUT2D eigenvalue weighted by atomic mass is 32.2. The number of ether oxygens (including phenoxy) is 1. The Morgan fingerprint density at radius 1 is 0.969 bits per heavy atom. The summed E-state index contributed by atoms with van der Waals surface area (Å²) in [5.74, 6) is 0.504. The average molecular weight is 453 g/mol. The van der Waals surface area contributed by atoms with Crippen molar-refractivity contribution >= 4 is 27.3 Å². The number of amides is 1. The standard InChI is InChI=1S/C25H28N2O4S/c1-5-31-23-14-12-22(13-15-23)26-25(28)21-10-8-20(9-11-21)17-27(32(4,29)30)24-16-18(2)6-7-19(24)3/h6-16H,5,17H2,1-4H3,(H,26,28). The molecule has 168 valence electrons. The summed E-state index contributed by atoms with van der Waals surface area (Å²) in [6.07, 6.45) is 1.20. The second-order valence-electron chi connectivity index (χ2n) is 7.67. The van der Waals surface area contributed by atoms with Gasteiger partial charge in [0, 0.05) is 11.3 Å². The fraction of sp³-hybridized carbons (Fsp3) is 0.240. The van der Waals surface area contributed by atoms with E-state index in [1.165, 1.54) is 10.6 Å². The molecule has 0 fully saturated rings. The van der Waals surface area contributed by atoms with E-state index >= 15 is 0 Å². The minimum absolute atomic E-state index is 0.184. The highest BCUT2D eigenvalue weighted by molar-refractivity contribution is 7.92. The molecule has 0 unspecified atom stereocenters. The molecule has 3 rings (SSSR count). The molecule has 1 N–H and O–H groups in total. The number of sulfonamides is 1. The molecule has 0 aliphatic rings. The lowest BCUT2D eigenvalue weighted by Crippen LogP contribution is -2.30. The average Bonchev–Trinajstić information content (AvgIpc) is 2.75. The van der Waals surface area contributed by atoms with Crippen molar-refractivity contribution in [2.45, 2.75) is 27.3 Å². The molecule has 1 amide bonds. The van der Waals surface area contributed by atoms with Crippen molar-refractivity contribution in [3.63, 3.8) is 0 Å². The molecule has 0 spiro atoms. The number of carbonyl (C=O) groups is 1. The third-order valence-electron chi connectivity index (χ3n) is 5.00. The monoisotopic (exact) mass is 452 g/mol. The molecule has 0 aromatic heterocycles. The highest BCUT2D eigenvalue weighted by Crippen LogP contribution is 2.26. The van der Waals surface area contributed by atoms with E-state index in [2.05, 4.69) is 5.32 Å². The van der Waals surface area contributed by atoms with Crippen LogP contribution in [0.5, 0.6) is 5.75 Å². The van der Waals surface area contributed by atoms with Gasteiger partial charge in [-0.15, -0.1) is 0 Å². The van der Waals surface area contributed by atoms with Crippen LogP contribution >= 0.6 is 0 Å². The number of hydrogen-bond donors (Lipinski definition) is 1. The minimum atomic E-state index is -3.49. The maximum absolute atomic E-state index is 12.6. The van der Waals surface area contributed by atoms with Gasteiger partial charge in [-0.05, 0) is 79.9 Å². The summed E-state index contributed by atoms with van der Waals surface area (Å²) in [5, 5.41) is 2.85. The van der Waals surface area contributed by atoms with E-state index in [4.69, 9.17) is 4.74 Å². The lowest BCUT2D eigenvalue weighted by Gasteiger charge is -2.25. The van der Waals surface area contributed by atoms with Gasteiger partial charge in [-0.2, -0.15) is 0 Å². The molecule has 0 aliphatic heterocycles. The molecule has 3 aromatic carbocycles. The molecule has 0 atom stereocenters. The van der Waals surface area contributed by atoms with Crippen LogP contribution in [-0.4, -0.2) is 27.2 Å². The molecule has 32 heavy (non-hydrogen) atoms. The van der Waals surface area contributed by atoms with Crippen molar-refractivity contribution in [1.29, 1.82) is 0 Å². The molecule has 0 saturated carbocycles. The summed E-state index contributed by atoms with van der Waals surface area (Å²) in [4.78, 5) is 12.6. The number of anilines is 2. The number of hydrogen-bond acceptors (Lipinski definition) is 4. The molecule has 0 radical (unpaired) electrons. The number of nitrogens with one attached hydrogen (secondary N) is 1. The van der Waals surface area contributed by atoms with Crippen LogP contribution in [0.15, 0.2) is 66.7 Å². The SMILES string of the molecule is CCOc1ccc(NC(=O)c2ccc(CN(c3cc(C)ccc3C)S(C)(=O)=O)cc2)cc1. The van der Waals surface area contributed by atoms with E-state index in [0.29, 0.717) is 23.5 Å². The van der Waals surface area contributed by atoms with Gasteiger partial charge in [0.05, 0.1) is 25.1 Å². The van der Waals surface area contributed by atoms with Crippen molar-refractivity contribution in [1.82, 2.24) is 0 Å². The Hall–Kier alpha value is -3.32. The van der Waals surface area contributed by atoms with Crippen LogP contribution in [0.1, 0.15) is 34.0 Å². The van der Waals surface area contributed by atoms with Gasteiger partial charge in [0.25, 0.3) is 5.91 Å². The molecule has 7 heteroatoms. The summed E-state index contributed by atoms with van der Waals surface area (Å²) in [6, 6.07) is 19.9. The number of aryl methyl sites for hydroxylation is 2. The van der Waals surface area contributed by atoms with E-state index in [1.807, 2.05) is 39.0 Å². The van der Waals surface area contributed by atoms with Crippen LogP contribution in [-0.2, 0) is 16.6 Å².